The maximum Gasteiger partial charge on any atom is 0.229 e. The molecule has 1 unspecified atom stereocenters. The van der Waals surface area contributed by atoms with E-state index < -0.39 is 5.41 Å². The molecule has 3 rings (SSSR count). The summed E-state index contributed by atoms with van der Waals surface area (Å²) in [7, 11) is 1.96. The fraction of sp³-hybridized carbons (Fsp3) is 0.318. The smallest absolute Gasteiger partial charge is 0.229 e. The van der Waals surface area contributed by atoms with E-state index in [2.05, 4.69) is 10.3 Å². The Morgan fingerprint density at radius 2 is 1.71 bits per heavy atom. The summed E-state index contributed by atoms with van der Waals surface area (Å²) in [5.41, 5.74) is 2.81. The number of rotatable bonds is 5. The number of ketones is 1. The van der Waals surface area contributed by atoms with Crippen LogP contribution in [0.5, 0.6) is 0 Å². The second-order valence-electron chi connectivity index (χ2n) is 7.85. The van der Waals surface area contributed by atoms with Gasteiger partial charge in [0.1, 0.15) is 0 Å². The van der Waals surface area contributed by atoms with Crippen LogP contribution in [-0.2, 0) is 11.8 Å². The zero-order chi connectivity index (χ0) is 20.5. The van der Waals surface area contributed by atoms with E-state index in [0.29, 0.717) is 11.3 Å². The van der Waals surface area contributed by atoms with Gasteiger partial charge in [0, 0.05) is 23.7 Å². The molecular weight excluding hydrogens is 370 g/mol. The summed E-state index contributed by atoms with van der Waals surface area (Å²) in [4.78, 5) is 29.5. The zero-order valence-electron chi connectivity index (χ0n) is 16.8. The van der Waals surface area contributed by atoms with Crippen LogP contribution in [0, 0.1) is 5.41 Å². The number of Topliss-reactive ketones (excluding diaryl/α,β-unsaturated/α-hetero) is 1. The number of aromatic nitrogens is 2. The van der Waals surface area contributed by atoms with Crippen LogP contribution < -0.4 is 5.32 Å². The molecule has 0 saturated carbocycles. The van der Waals surface area contributed by atoms with Crippen molar-refractivity contribution >= 4 is 40.2 Å². The number of hydrogen-bond acceptors (Lipinski definition) is 4. The lowest BCUT2D eigenvalue weighted by atomic mass is 9.95. The number of nitrogens with one attached hydrogen (secondary N) is 1. The van der Waals surface area contributed by atoms with Gasteiger partial charge in [0.15, 0.2) is 10.9 Å². The van der Waals surface area contributed by atoms with Crippen LogP contribution >= 0.6 is 11.8 Å². The van der Waals surface area contributed by atoms with Gasteiger partial charge < -0.3 is 9.88 Å². The molecule has 0 aliphatic rings. The topological polar surface area (TPSA) is 64.0 Å². The Morgan fingerprint density at radius 1 is 1.07 bits per heavy atom. The molecule has 0 fully saturated rings. The van der Waals surface area contributed by atoms with Crippen LogP contribution in [0.1, 0.15) is 38.1 Å². The minimum absolute atomic E-state index is 0.0331. The molecule has 0 aliphatic heterocycles. The fourth-order valence-electron chi connectivity index (χ4n) is 2.71. The number of carbonyl (C=O) groups excluding carboxylic acids is 2. The summed E-state index contributed by atoms with van der Waals surface area (Å²) in [6, 6.07) is 15.0. The lowest BCUT2D eigenvalue weighted by Crippen LogP contribution is -2.27. The molecule has 0 spiro atoms. The van der Waals surface area contributed by atoms with Crippen LogP contribution in [0.25, 0.3) is 11.0 Å². The highest BCUT2D eigenvalue weighted by Gasteiger charge is 2.22. The number of para-hydroxylation sites is 2. The van der Waals surface area contributed by atoms with E-state index in [1.54, 1.807) is 24.3 Å². The van der Waals surface area contributed by atoms with Gasteiger partial charge >= 0.3 is 0 Å². The van der Waals surface area contributed by atoms with Crippen molar-refractivity contribution in [1.82, 2.24) is 9.55 Å². The van der Waals surface area contributed by atoms with Gasteiger partial charge in [-0.3, -0.25) is 9.59 Å². The van der Waals surface area contributed by atoms with Crippen LogP contribution in [0.3, 0.4) is 0 Å². The first-order valence-electron chi connectivity index (χ1n) is 9.20. The minimum Gasteiger partial charge on any atom is -0.326 e. The Balaban J connectivity index is 1.70. The molecule has 146 valence electrons. The number of nitrogens with zero attached hydrogens (tertiary/aromatic N) is 2. The third kappa shape index (κ3) is 4.28. The van der Waals surface area contributed by atoms with Gasteiger partial charge in [-0.2, -0.15) is 0 Å². The van der Waals surface area contributed by atoms with E-state index in [0.717, 1.165) is 16.2 Å². The fourth-order valence-corrected chi connectivity index (χ4v) is 3.68. The molecule has 6 heteroatoms. The van der Waals surface area contributed by atoms with E-state index in [1.165, 1.54) is 11.8 Å². The molecule has 0 aliphatic carbocycles. The Hall–Kier alpha value is -2.60. The van der Waals surface area contributed by atoms with Crippen LogP contribution in [0.15, 0.2) is 53.7 Å². The number of imidazole rings is 1. The van der Waals surface area contributed by atoms with Crippen molar-refractivity contribution in [2.45, 2.75) is 38.1 Å². The average molecular weight is 396 g/mol. The SMILES string of the molecule is CC(Sc1nc2ccccc2n1C)C(=O)c1ccc(NC(=O)C(C)(C)C)cc1. The molecule has 1 N–H and O–H groups in total. The number of carbonyl (C=O) groups is 2. The van der Waals surface area contributed by atoms with Crippen LogP contribution in [0.4, 0.5) is 5.69 Å². The normalized spacial score (nSPS) is 12.8. The van der Waals surface area contributed by atoms with E-state index in [-0.39, 0.29) is 16.9 Å². The molecule has 1 amide bonds. The minimum atomic E-state index is -0.467. The van der Waals surface area contributed by atoms with Crippen molar-refractivity contribution in [3.05, 3.63) is 54.1 Å². The molecule has 0 bridgehead atoms. The summed E-state index contributed by atoms with van der Waals surface area (Å²) in [5, 5.41) is 3.41. The first-order valence-corrected chi connectivity index (χ1v) is 10.1. The largest absolute Gasteiger partial charge is 0.326 e. The van der Waals surface area contributed by atoms with Crippen molar-refractivity contribution in [1.29, 1.82) is 0 Å². The number of aryl methyl sites for hydroxylation is 1. The second kappa shape index (κ2) is 7.80. The molecule has 1 atom stereocenters. The maximum absolute atomic E-state index is 12.8. The summed E-state index contributed by atoms with van der Waals surface area (Å²) in [6.07, 6.45) is 0. The molecule has 0 saturated heterocycles. The van der Waals surface area contributed by atoms with Gasteiger partial charge in [-0.25, -0.2) is 4.98 Å². The van der Waals surface area contributed by atoms with Gasteiger partial charge in [0.2, 0.25) is 5.91 Å². The van der Waals surface area contributed by atoms with Crippen molar-refractivity contribution < 1.29 is 9.59 Å². The average Bonchev–Trinajstić information content (AvgIpc) is 2.97. The van der Waals surface area contributed by atoms with Crippen LogP contribution in [-0.4, -0.2) is 26.5 Å². The van der Waals surface area contributed by atoms with E-state index in [1.807, 2.05) is 63.6 Å². The van der Waals surface area contributed by atoms with Crippen molar-refractivity contribution in [2.75, 3.05) is 5.32 Å². The summed E-state index contributed by atoms with van der Waals surface area (Å²) in [6.45, 7) is 7.47. The highest BCUT2D eigenvalue weighted by Crippen LogP contribution is 2.28. The van der Waals surface area contributed by atoms with Crippen molar-refractivity contribution in [3.63, 3.8) is 0 Å². The van der Waals surface area contributed by atoms with Crippen molar-refractivity contribution in [2.24, 2.45) is 12.5 Å². The Bertz CT molecular complexity index is 1020. The van der Waals surface area contributed by atoms with Gasteiger partial charge in [-0.1, -0.05) is 44.7 Å². The highest BCUT2D eigenvalue weighted by molar-refractivity contribution is 8.00. The number of benzene rings is 2. The molecule has 28 heavy (non-hydrogen) atoms. The Morgan fingerprint density at radius 3 is 2.32 bits per heavy atom. The van der Waals surface area contributed by atoms with Gasteiger partial charge in [0.25, 0.3) is 0 Å². The number of fused-ring (bicyclic) bond motifs is 1. The predicted octanol–water partition coefficient (Wildman–Crippen LogP) is 4.92. The number of amides is 1. The summed E-state index contributed by atoms with van der Waals surface area (Å²) < 4.78 is 2.01. The summed E-state index contributed by atoms with van der Waals surface area (Å²) >= 11 is 1.45. The Kier molecular flexibility index (Phi) is 5.61. The predicted molar refractivity (Wildman–Crippen MR) is 115 cm³/mol. The quantitative estimate of drug-likeness (QED) is 0.492. The molecule has 1 heterocycles. The molecule has 2 aromatic carbocycles. The van der Waals surface area contributed by atoms with Gasteiger partial charge in [-0.15, -0.1) is 0 Å². The molecule has 1 aromatic heterocycles. The highest BCUT2D eigenvalue weighted by atomic mass is 32.2. The number of anilines is 1. The third-order valence-electron chi connectivity index (χ3n) is 4.51. The number of hydrogen-bond donors (Lipinski definition) is 1. The van der Waals surface area contributed by atoms with Crippen LogP contribution in [0.2, 0.25) is 0 Å². The number of thioether (sulfide) groups is 1. The standard InChI is InChI=1S/C22H25N3O2S/c1-14(28-21-24-17-8-6-7-9-18(17)25(21)5)19(26)15-10-12-16(13-11-15)23-20(27)22(2,3)4/h6-14H,1-5H3,(H,23,27). The van der Waals surface area contributed by atoms with Gasteiger partial charge in [0.05, 0.1) is 16.3 Å². The van der Waals surface area contributed by atoms with E-state index >= 15 is 0 Å². The van der Waals surface area contributed by atoms with Gasteiger partial charge in [-0.05, 0) is 43.3 Å². The molecule has 0 radical (unpaired) electrons. The lowest BCUT2D eigenvalue weighted by Gasteiger charge is -2.17. The molecular formula is C22H25N3O2S. The summed E-state index contributed by atoms with van der Waals surface area (Å²) in [5.74, 6) is -0.0249. The second-order valence-corrected chi connectivity index (χ2v) is 9.16. The zero-order valence-corrected chi connectivity index (χ0v) is 17.6. The van der Waals surface area contributed by atoms with Crippen molar-refractivity contribution in [3.8, 4) is 0 Å². The molecule has 5 nitrogen and oxygen atoms in total. The lowest BCUT2D eigenvalue weighted by molar-refractivity contribution is -0.123. The van der Waals surface area contributed by atoms with E-state index in [9.17, 15) is 9.59 Å². The molecule has 3 aromatic rings. The third-order valence-corrected chi connectivity index (χ3v) is 5.65. The monoisotopic (exact) mass is 395 g/mol. The van der Waals surface area contributed by atoms with E-state index in [4.69, 9.17) is 0 Å². The Labute approximate surface area is 169 Å². The first kappa shape index (κ1) is 20.1. The maximum atomic E-state index is 12.8. The first-order chi connectivity index (χ1) is 13.2.